The first-order valence-electron chi connectivity index (χ1n) is 4.80. The summed E-state index contributed by atoms with van der Waals surface area (Å²) in [6.07, 6.45) is 2.39. The average Bonchev–Trinajstić information content (AvgIpc) is 2.44. The molecule has 3 nitrogen and oxygen atoms in total. The molecule has 1 heterocycles. The Morgan fingerprint density at radius 3 is 2.46 bits per heavy atom. The molecule has 0 aliphatic carbocycles. The van der Waals surface area contributed by atoms with Crippen LogP contribution >= 0.6 is 12.2 Å². The van der Waals surface area contributed by atoms with Crippen LogP contribution in [0.4, 0.5) is 0 Å². The maximum absolute atomic E-state index is 5.13. The lowest BCUT2D eigenvalue weighted by molar-refractivity contribution is 0.411. The Hall–Kier alpha value is -0.640. The van der Waals surface area contributed by atoms with E-state index in [1.165, 1.54) is 12.8 Å². The Bertz CT molecular complexity index is 309. The summed E-state index contributed by atoms with van der Waals surface area (Å²) < 4.78 is 2.82. The average molecular weight is 199 g/mol. The molecule has 0 saturated heterocycles. The van der Waals surface area contributed by atoms with Gasteiger partial charge < -0.3 is 4.57 Å². The lowest BCUT2D eigenvalue weighted by atomic mass is 10.0. The van der Waals surface area contributed by atoms with Crippen LogP contribution in [0.2, 0.25) is 0 Å². The zero-order valence-corrected chi connectivity index (χ0v) is 9.32. The highest BCUT2D eigenvalue weighted by molar-refractivity contribution is 7.71. The van der Waals surface area contributed by atoms with Crippen molar-refractivity contribution in [3.63, 3.8) is 0 Å². The van der Waals surface area contributed by atoms with Crippen LogP contribution in [0.3, 0.4) is 0 Å². The molecular formula is C9H17N3S. The van der Waals surface area contributed by atoms with E-state index in [0.29, 0.717) is 5.92 Å². The summed E-state index contributed by atoms with van der Waals surface area (Å²) in [4.78, 5) is 0. The number of hydrogen-bond donors (Lipinski definition) is 1. The monoisotopic (exact) mass is 199 g/mol. The fourth-order valence-electron chi connectivity index (χ4n) is 1.42. The minimum atomic E-state index is 0.711. The SMILES string of the molecule is CCC(CC)Cn1c(C)n[nH]c1=S. The zero-order valence-electron chi connectivity index (χ0n) is 8.50. The molecule has 1 aromatic rings. The number of aryl methyl sites for hydroxylation is 1. The number of hydrogen-bond acceptors (Lipinski definition) is 2. The van der Waals surface area contributed by atoms with Crippen molar-refractivity contribution in [2.45, 2.75) is 40.2 Å². The first-order valence-corrected chi connectivity index (χ1v) is 5.21. The van der Waals surface area contributed by atoms with E-state index in [1.54, 1.807) is 0 Å². The van der Waals surface area contributed by atoms with E-state index in [1.807, 2.05) is 6.92 Å². The van der Waals surface area contributed by atoms with Crippen molar-refractivity contribution in [2.24, 2.45) is 5.92 Å². The van der Waals surface area contributed by atoms with Crippen molar-refractivity contribution in [3.05, 3.63) is 10.6 Å². The van der Waals surface area contributed by atoms with Gasteiger partial charge in [0.2, 0.25) is 0 Å². The molecule has 1 N–H and O–H groups in total. The Labute approximate surface area is 84.2 Å². The standard InChI is InChI=1S/C9H17N3S/c1-4-8(5-2)6-12-7(3)10-11-9(12)13/h8H,4-6H2,1-3H3,(H,11,13). The van der Waals surface area contributed by atoms with Gasteiger partial charge in [-0.25, -0.2) is 0 Å². The summed E-state index contributed by atoms with van der Waals surface area (Å²) in [5.41, 5.74) is 0. The van der Waals surface area contributed by atoms with Crippen LogP contribution in [0, 0.1) is 17.6 Å². The number of nitrogens with one attached hydrogen (secondary N) is 1. The van der Waals surface area contributed by atoms with Crippen LogP contribution in [-0.4, -0.2) is 14.8 Å². The van der Waals surface area contributed by atoms with E-state index in [-0.39, 0.29) is 0 Å². The predicted molar refractivity (Wildman–Crippen MR) is 56.2 cm³/mol. The molecule has 0 saturated carbocycles. The largest absolute Gasteiger partial charge is 0.304 e. The van der Waals surface area contributed by atoms with Crippen molar-refractivity contribution < 1.29 is 0 Å². The van der Waals surface area contributed by atoms with Gasteiger partial charge in [0.1, 0.15) is 5.82 Å². The number of nitrogens with zero attached hydrogens (tertiary/aromatic N) is 2. The zero-order chi connectivity index (χ0) is 9.84. The van der Waals surface area contributed by atoms with Crippen molar-refractivity contribution >= 4 is 12.2 Å². The third kappa shape index (κ3) is 2.40. The van der Waals surface area contributed by atoms with Crippen molar-refractivity contribution in [1.29, 1.82) is 0 Å². The molecular weight excluding hydrogens is 182 g/mol. The Kier molecular flexibility index (Phi) is 3.66. The Morgan fingerprint density at radius 1 is 1.46 bits per heavy atom. The molecule has 0 aromatic carbocycles. The minimum Gasteiger partial charge on any atom is -0.304 e. The van der Waals surface area contributed by atoms with Gasteiger partial charge in [-0.3, -0.25) is 5.10 Å². The van der Waals surface area contributed by atoms with Crippen molar-refractivity contribution in [1.82, 2.24) is 14.8 Å². The predicted octanol–water partition coefficient (Wildman–Crippen LogP) is 2.69. The van der Waals surface area contributed by atoms with E-state index in [9.17, 15) is 0 Å². The number of aromatic nitrogens is 3. The van der Waals surface area contributed by atoms with E-state index < -0.39 is 0 Å². The molecule has 0 radical (unpaired) electrons. The summed E-state index contributed by atoms with van der Waals surface area (Å²) in [6.45, 7) is 7.41. The molecule has 1 rings (SSSR count). The minimum absolute atomic E-state index is 0.711. The van der Waals surface area contributed by atoms with Gasteiger partial charge in [0.25, 0.3) is 0 Å². The molecule has 0 unspecified atom stereocenters. The highest BCUT2D eigenvalue weighted by Crippen LogP contribution is 2.11. The van der Waals surface area contributed by atoms with Crippen molar-refractivity contribution in [3.8, 4) is 0 Å². The van der Waals surface area contributed by atoms with Gasteiger partial charge in [0.15, 0.2) is 4.77 Å². The van der Waals surface area contributed by atoms with Crippen LogP contribution in [0.25, 0.3) is 0 Å². The summed E-state index contributed by atoms with van der Waals surface area (Å²) in [6, 6.07) is 0. The molecule has 13 heavy (non-hydrogen) atoms. The highest BCUT2D eigenvalue weighted by atomic mass is 32.1. The van der Waals surface area contributed by atoms with E-state index in [4.69, 9.17) is 12.2 Å². The molecule has 0 atom stereocenters. The second kappa shape index (κ2) is 4.56. The van der Waals surface area contributed by atoms with Gasteiger partial charge in [-0.15, -0.1) is 0 Å². The van der Waals surface area contributed by atoms with Crippen molar-refractivity contribution in [2.75, 3.05) is 0 Å². The topological polar surface area (TPSA) is 33.6 Å². The molecule has 1 aromatic heterocycles. The Morgan fingerprint density at radius 2 is 2.08 bits per heavy atom. The maximum atomic E-state index is 5.13. The lowest BCUT2D eigenvalue weighted by Crippen LogP contribution is -2.10. The molecule has 0 amide bonds. The van der Waals surface area contributed by atoms with E-state index in [2.05, 4.69) is 28.6 Å². The second-order valence-corrected chi connectivity index (χ2v) is 3.76. The molecule has 4 heteroatoms. The number of aromatic amines is 1. The number of H-pyrrole nitrogens is 1. The van der Waals surface area contributed by atoms with Crippen LogP contribution in [-0.2, 0) is 6.54 Å². The molecule has 74 valence electrons. The molecule has 0 fully saturated rings. The van der Waals surface area contributed by atoms with E-state index in [0.717, 1.165) is 17.1 Å². The van der Waals surface area contributed by atoms with Gasteiger partial charge in [0, 0.05) is 6.54 Å². The fourth-order valence-corrected chi connectivity index (χ4v) is 1.67. The maximum Gasteiger partial charge on any atom is 0.195 e. The van der Waals surface area contributed by atoms with Crippen LogP contribution in [0.5, 0.6) is 0 Å². The summed E-state index contributed by atoms with van der Waals surface area (Å²) in [7, 11) is 0. The fraction of sp³-hybridized carbons (Fsp3) is 0.778. The summed E-state index contributed by atoms with van der Waals surface area (Å²) in [5.74, 6) is 1.69. The second-order valence-electron chi connectivity index (χ2n) is 3.37. The highest BCUT2D eigenvalue weighted by Gasteiger charge is 2.07. The molecule has 0 spiro atoms. The van der Waals surface area contributed by atoms with E-state index >= 15 is 0 Å². The van der Waals surface area contributed by atoms with Crippen LogP contribution < -0.4 is 0 Å². The summed E-state index contributed by atoms with van der Waals surface area (Å²) in [5, 5.41) is 6.89. The van der Waals surface area contributed by atoms with Gasteiger partial charge in [0.05, 0.1) is 0 Å². The smallest absolute Gasteiger partial charge is 0.195 e. The molecule has 0 aliphatic heterocycles. The Balaban J connectivity index is 2.78. The van der Waals surface area contributed by atoms with Crippen LogP contribution in [0.1, 0.15) is 32.5 Å². The van der Waals surface area contributed by atoms with Gasteiger partial charge in [-0.05, 0) is 25.1 Å². The first-order chi connectivity index (χ1) is 6.19. The van der Waals surface area contributed by atoms with Crippen LogP contribution in [0.15, 0.2) is 0 Å². The quantitative estimate of drug-likeness (QED) is 0.756. The van der Waals surface area contributed by atoms with Gasteiger partial charge >= 0.3 is 0 Å². The third-order valence-electron chi connectivity index (χ3n) is 2.54. The lowest BCUT2D eigenvalue weighted by Gasteiger charge is -2.13. The normalized spacial score (nSPS) is 11.1. The molecule has 0 aliphatic rings. The van der Waals surface area contributed by atoms with Gasteiger partial charge in [-0.1, -0.05) is 26.7 Å². The van der Waals surface area contributed by atoms with Gasteiger partial charge in [-0.2, -0.15) is 5.10 Å². The summed E-state index contributed by atoms with van der Waals surface area (Å²) >= 11 is 5.13. The first kappa shape index (κ1) is 10.4. The molecule has 0 bridgehead atoms. The number of rotatable bonds is 4. The third-order valence-corrected chi connectivity index (χ3v) is 2.86.